The highest BCUT2D eigenvalue weighted by Gasteiger charge is 2.22. The SMILES string of the molecule is CC(Nc1cccc2c(=O)[nH][nH]c(=O)c12)C1CCCC1. The second-order valence-corrected chi connectivity index (χ2v) is 5.61. The monoisotopic (exact) mass is 273 g/mol. The minimum atomic E-state index is -0.267. The van der Waals surface area contributed by atoms with Crippen LogP contribution >= 0.6 is 0 Å². The topological polar surface area (TPSA) is 77.8 Å². The van der Waals surface area contributed by atoms with E-state index in [-0.39, 0.29) is 11.1 Å². The molecule has 0 radical (unpaired) electrons. The van der Waals surface area contributed by atoms with Gasteiger partial charge in [0.05, 0.1) is 10.8 Å². The molecule has 0 bridgehead atoms. The standard InChI is InChI=1S/C15H19N3O2/c1-9(10-5-2-3-6-10)16-12-8-4-7-11-13(12)15(20)18-17-14(11)19/h4,7-10,16H,2-3,5-6H2,1H3,(H,17,19)(H,18,20). The number of benzene rings is 1. The summed E-state index contributed by atoms with van der Waals surface area (Å²) in [4.78, 5) is 23.8. The molecule has 0 aliphatic heterocycles. The molecule has 0 spiro atoms. The molecule has 5 heteroatoms. The first-order chi connectivity index (χ1) is 9.66. The number of aromatic nitrogens is 2. The fourth-order valence-electron chi connectivity index (χ4n) is 3.17. The van der Waals surface area contributed by atoms with E-state index in [1.165, 1.54) is 25.7 Å². The van der Waals surface area contributed by atoms with Crippen molar-refractivity contribution in [2.24, 2.45) is 5.92 Å². The molecular weight excluding hydrogens is 254 g/mol. The largest absolute Gasteiger partial charge is 0.382 e. The van der Waals surface area contributed by atoms with Gasteiger partial charge < -0.3 is 5.32 Å². The molecule has 1 unspecified atom stereocenters. The Bertz CT molecular complexity index is 726. The maximum Gasteiger partial charge on any atom is 0.272 e. The minimum Gasteiger partial charge on any atom is -0.382 e. The average Bonchev–Trinajstić information content (AvgIpc) is 2.97. The van der Waals surface area contributed by atoms with Crippen LogP contribution in [0.4, 0.5) is 5.69 Å². The van der Waals surface area contributed by atoms with Crippen LogP contribution in [0.1, 0.15) is 32.6 Å². The summed E-state index contributed by atoms with van der Waals surface area (Å²) in [6.45, 7) is 2.15. The maximum atomic E-state index is 12.0. The van der Waals surface area contributed by atoms with Crippen LogP contribution in [0.3, 0.4) is 0 Å². The van der Waals surface area contributed by atoms with E-state index in [0.29, 0.717) is 22.7 Å². The van der Waals surface area contributed by atoms with E-state index in [2.05, 4.69) is 22.4 Å². The second kappa shape index (κ2) is 5.15. The van der Waals surface area contributed by atoms with Gasteiger partial charge in [-0.25, -0.2) is 0 Å². The predicted octanol–water partition coefficient (Wildman–Crippen LogP) is 2.21. The fraction of sp³-hybridized carbons (Fsp3) is 0.467. The molecule has 1 saturated carbocycles. The Balaban J connectivity index is 2.01. The van der Waals surface area contributed by atoms with Gasteiger partial charge in [0.25, 0.3) is 11.1 Å². The number of H-pyrrole nitrogens is 2. The first kappa shape index (κ1) is 13.0. The average molecular weight is 273 g/mol. The third kappa shape index (κ3) is 2.24. The van der Waals surface area contributed by atoms with Gasteiger partial charge >= 0.3 is 0 Å². The Labute approximate surface area is 116 Å². The molecule has 1 atom stereocenters. The van der Waals surface area contributed by atoms with Crippen LogP contribution in [0.5, 0.6) is 0 Å². The molecule has 0 amide bonds. The van der Waals surface area contributed by atoms with Crippen LogP contribution in [0.15, 0.2) is 27.8 Å². The predicted molar refractivity (Wildman–Crippen MR) is 80.2 cm³/mol. The van der Waals surface area contributed by atoms with Crippen molar-refractivity contribution in [3.05, 3.63) is 38.9 Å². The quantitative estimate of drug-likeness (QED) is 0.802. The van der Waals surface area contributed by atoms with E-state index < -0.39 is 0 Å². The van der Waals surface area contributed by atoms with E-state index in [9.17, 15) is 9.59 Å². The molecule has 3 rings (SSSR count). The molecule has 2 aromatic rings. The van der Waals surface area contributed by atoms with Crippen LogP contribution in [0.25, 0.3) is 10.8 Å². The fourth-order valence-corrected chi connectivity index (χ4v) is 3.17. The third-order valence-corrected chi connectivity index (χ3v) is 4.32. The lowest BCUT2D eigenvalue weighted by atomic mass is 9.99. The first-order valence-corrected chi connectivity index (χ1v) is 7.17. The van der Waals surface area contributed by atoms with Gasteiger partial charge in [0, 0.05) is 11.7 Å². The van der Waals surface area contributed by atoms with Crippen molar-refractivity contribution in [3.63, 3.8) is 0 Å². The van der Waals surface area contributed by atoms with Crippen molar-refractivity contribution < 1.29 is 0 Å². The normalized spacial score (nSPS) is 17.4. The molecule has 20 heavy (non-hydrogen) atoms. The molecule has 1 aliphatic rings. The second-order valence-electron chi connectivity index (χ2n) is 5.61. The van der Waals surface area contributed by atoms with Gasteiger partial charge in [0.15, 0.2) is 0 Å². The lowest BCUT2D eigenvalue weighted by Gasteiger charge is -2.22. The number of hydrogen-bond donors (Lipinski definition) is 3. The summed E-state index contributed by atoms with van der Waals surface area (Å²) >= 11 is 0. The molecule has 1 aromatic carbocycles. The summed E-state index contributed by atoms with van der Waals surface area (Å²) in [5, 5.41) is 9.05. The van der Waals surface area contributed by atoms with E-state index in [1.807, 2.05) is 6.07 Å². The van der Waals surface area contributed by atoms with Crippen LogP contribution in [0, 0.1) is 5.92 Å². The van der Waals surface area contributed by atoms with E-state index in [4.69, 9.17) is 0 Å². The first-order valence-electron chi connectivity index (χ1n) is 7.17. The zero-order chi connectivity index (χ0) is 14.1. The summed E-state index contributed by atoms with van der Waals surface area (Å²) < 4.78 is 0. The summed E-state index contributed by atoms with van der Waals surface area (Å²) in [7, 11) is 0. The minimum absolute atomic E-state index is 0.263. The van der Waals surface area contributed by atoms with E-state index >= 15 is 0 Å². The highest BCUT2D eigenvalue weighted by molar-refractivity contribution is 5.92. The van der Waals surface area contributed by atoms with Crippen molar-refractivity contribution in [2.75, 3.05) is 5.32 Å². The Morgan fingerprint density at radius 1 is 1.15 bits per heavy atom. The Kier molecular flexibility index (Phi) is 3.34. The summed E-state index contributed by atoms with van der Waals surface area (Å²) in [6, 6.07) is 5.65. The molecule has 1 heterocycles. The zero-order valence-electron chi connectivity index (χ0n) is 11.5. The number of anilines is 1. The number of hydrogen-bond acceptors (Lipinski definition) is 3. The van der Waals surface area contributed by atoms with E-state index in [1.54, 1.807) is 12.1 Å². The van der Waals surface area contributed by atoms with E-state index in [0.717, 1.165) is 5.69 Å². The van der Waals surface area contributed by atoms with Crippen molar-refractivity contribution >= 4 is 16.5 Å². The highest BCUT2D eigenvalue weighted by Crippen LogP contribution is 2.30. The maximum absolute atomic E-state index is 12.0. The molecule has 3 N–H and O–H groups in total. The molecule has 1 aliphatic carbocycles. The van der Waals surface area contributed by atoms with Gasteiger partial charge in [-0.1, -0.05) is 18.9 Å². The summed E-state index contributed by atoms with van der Waals surface area (Å²) in [6.07, 6.45) is 5.03. The van der Waals surface area contributed by atoms with Gasteiger partial charge in [-0.15, -0.1) is 0 Å². The Hall–Kier alpha value is -2.04. The van der Waals surface area contributed by atoms with Gasteiger partial charge in [0.2, 0.25) is 0 Å². The van der Waals surface area contributed by atoms with Gasteiger partial charge in [-0.2, -0.15) is 0 Å². The van der Waals surface area contributed by atoms with Crippen molar-refractivity contribution in [3.8, 4) is 0 Å². The van der Waals surface area contributed by atoms with Crippen LogP contribution < -0.4 is 16.4 Å². The summed E-state index contributed by atoms with van der Waals surface area (Å²) in [5.74, 6) is 0.645. The Morgan fingerprint density at radius 2 is 1.85 bits per heavy atom. The number of aromatic amines is 2. The molecule has 1 aromatic heterocycles. The molecule has 0 saturated heterocycles. The van der Waals surface area contributed by atoms with Gasteiger partial charge in [0.1, 0.15) is 0 Å². The third-order valence-electron chi connectivity index (χ3n) is 4.32. The molecule has 1 fully saturated rings. The molecule has 5 nitrogen and oxygen atoms in total. The van der Waals surface area contributed by atoms with Crippen molar-refractivity contribution in [1.29, 1.82) is 0 Å². The number of rotatable bonds is 3. The van der Waals surface area contributed by atoms with Crippen LogP contribution in [-0.2, 0) is 0 Å². The van der Waals surface area contributed by atoms with Crippen molar-refractivity contribution in [1.82, 2.24) is 10.2 Å². The number of fused-ring (bicyclic) bond motifs is 1. The van der Waals surface area contributed by atoms with Gasteiger partial charge in [-0.05, 0) is 37.8 Å². The van der Waals surface area contributed by atoms with Gasteiger partial charge in [-0.3, -0.25) is 19.8 Å². The molecular formula is C15H19N3O2. The molecule has 106 valence electrons. The smallest absolute Gasteiger partial charge is 0.272 e. The Morgan fingerprint density at radius 3 is 2.60 bits per heavy atom. The van der Waals surface area contributed by atoms with Crippen LogP contribution in [-0.4, -0.2) is 16.2 Å². The van der Waals surface area contributed by atoms with Crippen LogP contribution in [0.2, 0.25) is 0 Å². The lowest BCUT2D eigenvalue weighted by molar-refractivity contribution is 0.482. The zero-order valence-corrected chi connectivity index (χ0v) is 11.5. The highest BCUT2D eigenvalue weighted by atomic mass is 16.1. The number of nitrogens with one attached hydrogen (secondary N) is 3. The summed E-state index contributed by atoms with van der Waals surface area (Å²) in [5.41, 5.74) is 0.215. The van der Waals surface area contributed by atoms with Crippen molar-refractivity contribution in [2.45, 2.75) is 38.6 Å². The lowest BCUT2D eigenvalue weighted by Crippen LogP contribution is -2.26.